The van der Waals surface area contributed by atoms with Crippen LogP contribution in [0.15, 0.2) is 30.3 Å². The maximum atomic E-state index is 10.5. The zero-order valence-corrected chi connectivity index (χ0v) is 7.82. The van der Waals surface area contributed by atoms with Crippen molar-refractivity contribution in [2.24, 2.45) is 0 Å². The lowest BCUT2D eigenvalue weighted by Gasteiger charge is -1.96. The van der Waals surface area contributed by atoms with Crippen LogP contribution in [0.4, 0.5) is 0 Å². The lowest BCUT2D eigenvalue weighted by molar-refractivity contribution is 0.111. The number of hydrogen-bond acceptors (Lipinski definition) is 2. The fourth-order valence-electron chi connectivity index (χ4n) is 1.42. The lowest BCUT2D eigenvalue weighted by atomic mass is 10.1. The largest absolute Gasteiger partial charge is 0.339 e. The van der Waals surface area contributed by atoms with Gasteiger partial charge in [-0.2, -0.15) is 0 Å². The number of imidazole rings is 1. The molecule has 0 spiro atoms. The van der Waals surface area contributed by atoms with Gasteiger partial charge in [0.25, 0.3) is 0 Å². The van der Waals surface area contributed by atoms with Crippen molar-refractivity contribution in [2.45, 2.75) is 6.92 Å². The fraction of sp³-hybridized carbons (Fsp3) is 0.0909. The number of rotatable bonds is 2. The third-order valence-corrected chi connectivity index (χ3v) is 2.06. The number of aromatic nitrogens is 2. The van der Waals surface area contributed by atoms with Crippen LogP contribution in [-0.2, 0) is 0 Å². The van der Waals surface area contributed by atoms with Crippen LogP contribution in [0, 0.1) is 6.92 Å². The molecule has 0 amide bonds. The Labute approximate surface area is 81.8 Å². The summed E-state index contributed by atoms with van der Waals surface area (Å²) in [6, 6.07) is 9.79. The first-order valence-electron chi connectivity index (χ1n) is 4.38. The summed E-state index contributed by atoms with van der Waals surface area (Å²) < 4.78 is 0. The molecule has 3 heteroatoms. The number of benzene rings is 1. The summed E-state index contributed by atoms with van der Waals surface area (Å²) in [5.74, 6) is 0.376. The Balaban J connectivity index is 2.51. The van der Waals surface area contributed by atoms with Crippen molar-refractivity contribution in [2.75, 3.05) is 0 Å². The molecule has 0 aliphatic heterocycles. The Morgan fingerprint density at radius 2 is 2.00 bits per heavy atom. The summed E-state index contributed by atoms with van der Waals surface area (Å²) in [5, 5.41) is 0. The van der Waals surface area contributed by atoms with Gasteiger partial charge in [0.15, 0.2) is 12.1 Å². The van der Waals surface area contributed by atoms with E-state index in [0.717, 1.165) is 23.2 Å². The van der Waals surface area contributed by atoms with Gasteiger partial charge in [-0.1, -0.05) is 30.3 Å². The van der Waals surface area contributed by atoms with E-state index < -0.39 is 0 Å². The monoisotopic (exact) mass is 186 g/mol. The van der Waals surface area contributed by atoms with Gasteiger partial charge in [-0.05, 0) is 6.92 Å². The van der Waals surface area contributed by atoms with Crippen molar-refractivity contribution >= 4 is 6.29 Å². The molecule has 0 aliphatic carbocycles. The van der Waals surface area contributed by atoms with Crippen LogP contribution < -0.4 is 0 Å². The SMILES string of the molecule is Cc1[nH]c(C=O)nc1-c1ccccc1. The van der Waals surface area contributed by atoms with Crippen molar-refractivity contribution in [3.8, 4) is 11.3 Å². The lowest BCUT2D eigenvalue weighted by Crippen LogP contribution is -1.81. The Hall–Kier alpha value is -1.90. The van der Waals surface area contributed by atoms with Gasteiger partial charge in [-0.25, -0.2) is 4.98 Å². The maximum absolute atomic E-state index is 10.5. The second-order valence-electron chi connectivity index (χ2n) is 3.08. The molecule has 0 atom stereocenters. The van der Waals surface area contributed by atoms with E-state index in [-0.39, 0.29) is 0 Å². The first-order valence-corrected chi connectivity index (χ1v) is 4.38. The molecule has 1 aromatic carbocycles. The van der Waals surface area contributed by atoms with Crippen molar-refractivity contribution in [1.82, 2.24) is 9.97 Å². The minimum atomic E-state index is 0.376. The van der Waals surface area contributed by atoms with Crippen LogP contribution in [0.5, 0.6) is 0 Å². The molecule has 14 heavy (non-hydrogen) atoms. The summed E-state index contributed by atoms with van der Waals surface area (Å²) >= 11 is 0. The van der Waals surface area contributed by atoms with Gasteiger partial charge in [-0.15, -0.1) is 0 Å². The molecule has 1 aromatic heterocycles. The van der Waals surface area contributed by atoms with Crippen LogP contribution in [-0.4, -0.2) is 16.3 Å². The van der Waals surface area contributed by atoms with E-state index in [1.807, 2.05) is 37.3 Å². The van der Waals surface area contributed by atoms with Gasteiger partial charge in [-0.3, -0.25) is 4.79 Å². The van der Waals surface area contributed by atoms with Gasteiger partial charge >= 0.3 is 0 Å². The van der Waals surface area contributed by atoms with Gasteiger partial charge in [0.2, 0.25) is 0 Å². The molecule has 2 aromatic rings. The molecular formula is C11H10N2O. The molecule has 0 radical (unpaired) electrons. The third-order valence-electron chi connectivity index (χ3n) is 2.06. The molecule has 0 aliphatic rings. The van der Waals surface area contributed by atoms with Crippen LogP contribution in [0.25, 0.3) is 11.3 Å². The number of aldehydes is 1. The molecule has 0 saturated carbocycles. The number of aryl methyl sites for hydroxylation is 1. The topological polar surface area (TPSA) is 45.8 Å². The molecule has 0 fully saturated rings. The number of aromatic amines is 1. The quantitative estimate of drug-likeness (QED) is 0.731. The van der Waals surface area contributed by atoms with Crippen LogP contribution in [0.1, 0.15) is 16.3 Å². The van der Waals surface area contributed by atoms with E-state index in [9.17, 15) is 4.79 Å². The number of carbonyl (C=O) groups excluding carboxylic acids is 1. The molecule has 1 N–H and O–H groups in total. The maximum Gasteiger partial charge on any atom is 0.185 e. The normalized spacial score (nSPS) is 10.1. The van der Waals surface area contributed by atoms with Crippen molar-refractivity contribution in [3.05, 3.63) is 41.9 Å². The molecule has 0 unspecified atom stereocenters. The first kappa shape index (κ1) is 8.69. The number of nitrogens with zero attached hydrogens (tertiary/aromatic N) is 1. The van der Waals surface area contributed by atoms with Crippen LogP contribution in [0.3, 0.4) is 0 Å². The Kier molecular flexibility index (Phi) is 2.14. The number of H-pyrrole nitrogens is 1. The molecule has 70 valence electrons. The molecule has 0 saturated heterocycles. The molecule has 1 heterocycles. The third kappa shape index (κ3) is 1.44. The summed E-state index contributed by atoms with van der Waals surface area (Å²) in [6.45, 7) is 1.91. The molecule has 0 bridgehead atoms. The second-order valence-corrected chi connectivity index (χ2v) is 3.08. The summed E-state index contributed by atoms with van der Waals surface area (Å²) in [5.41, 5.74) is 2.78. The van der Waals surface area contributed by atoms with Crippen molar-refractivity contribution in [3.63, 3.8) is 0 Å². The highest BCUT2D eigenvalue weighted by Gasteiger charge is 2.06. The fourth-order valence-corrected chi connectivity index (χ4v) is 1.42. The molecular weight excluding hydrogens is 176 g/mol. The number of carbonyl (C=O) groups is 1. The average molecular weight is 186 g/mol. The van der Waals surface area contributed by atoms with Gasteiger partial charge in [0.05, 0.1) is 5.69 Å². The first-order chi connectivity index (χ1) is 6.81. The average Bonchev–Trinajstić information content (AvgIpc) is 2.61. The Bertz CT molecular complexity index is 446. The number of nitrogens with one attached hydrogen (secondary N) is 1. The summed E-state index contributed by atoms with van der Waals surface area (Å²) in [4.78, 5) is 17.6. The Morgan fingerprint density at radius 1 is 1.29 bits per heavy atom. The standard InChI is InChI=1S/C11H10N2O/c1-8-11(13-10(7-14)12-8)9-5-3-2-4-6-9/h2-7H,1H3,(H,12,13). The smallest absolute Gasteiger partial charge is 0.185 e. The molecule has 2 rings (SSSR count). The zero-order valence-electron chi connectivity index (χ0n) is 7.82. The van der Waals surface area contributed by atoms with Gasteiger partial charge < -0.3 is 4.98 Å². The van der Waals surface area contributed by atoms with E-state index in [4.69, 9.17) is 0 Å². The van der Waals surface area contributed by atoms with E-state index in [1.165, 1.54) is 0 Å². The van der Waals surface area contributed by atoms with E-state index in [0.29, 0.717) is 5.82 Å². The molecule has 3 nitrogen and oxygen atoms in total. The van der Waals surface area contributed by atoms with Crippen LogP contribution in [0.2, 0.25) is 0 Å². The van der Waals surface area contributed by atoms with Gasteiger partial charge in [0.1, 0.15) is 0 Å². The van der Waals surface area contributed by atoms with Crippen molar-refractivity contribution in [1.29, 1.82) is 0 Å². The second kappa shape index (κ2) is 3.46. The van der Waals surface area contributed by atoms with Crippen molar-refractivity contribution < 1.29 is 4.79 Å². The van der Waals surface area contributed by atoms with Crippen LogP contribution >= 0.6 is 0 Å². The number of hydrogen-bond donors (Lipinski definition) is 1. The van der Waals surface area contributed by atoms with E-state index in [2.05, 4.69) is 9.97 Å². The highest BCUT2D eigenvalue weighted by molar-refractivity contribution is 5.73. The minimum absolute atomic E-state index is 0.376. The minimum Gasteiger partial charge on any atom is -0.339 e. The summed E-state index contributed by atoms with van der Waals surface area (Å²) in [7, 11) is 0. The predicted octanol–water partition coefficient (Wildman–Crippen LogP) is 2.20. The summed E-state index contributed by atoms with van der Waals surface area (Å²) in [6.07, 6.45) is 0.722. The highest BCUT2D eigenvalue weighted by atomic mass is 16.1. The predicted molar refractivity (Wildman–Crippen MR) is 54.1 cm³/mol. The van der Waals surface area contributed by atoms with Gasteiger partial charge in [0, 0.05) is 11.3 Å². The van der Waals surface area contributed by atoms with E-state index in [1.54, 1.807) is 0 Å². The van der Waals surface area contributed by atoms with E-state index >= 15 is 0 Å². The highest BCUT2D eigenvalue weighted by Crippen LogP contribution is 2.19. The zero-order chi connectivity index (χ0) is 9.97. The Morgan fingerprint density at radius 3 is 2.57 bits per heavy atom.